The summed E-state index contributed by atoms with van der Waals surface area (Å²) in [6, 6.07) is 8.54. The molecule has 1 fully saturated rings. The van der Waals surface area contributed by atoms with Gasteiger partial charge in [-0.15, -0.1) is 0 Å². The van der Waals surface area contributed by atoms with Gasteiger partial charge in [0.25, 0.3) is 5.91 Å². The number of aromatic nitrogens is 2. The van der Waals surface area contributed by atoms with Crippen molar-refractivity contribution < 1.29 is 22.8 Å². The van der Waals surface area contributed by atoms with E-state index in [4.69, 9.17) is 0 Å². The van der Waals surface area contributed by atoms with E-state index in [1.165, 1.54) is 4.90 Å². The molecule has 1 aromatic carbocycles. The second-order valence-electron chi connectivity index (χ2n) is 7.01. The molecule has 2 N–H and O–H groups in total. The largest absolute Gasteiger partial charge is 0.350 e. The van der Waals surface area contributed by atoms with Gasteiger partial charge in [0.2, 0.25) is 5.91 Å². The standard InChI is InChI=1S/C21H17F3N4O2/c22-15-8-14(9-16(23)19(15)24)26-20(29)13-5-7-28(11-13)21(30)18-4-3-17(27-18)12-2-1-6-25-10-12/h1-4,6,8-10,13,27H,5,7,11H2,(H,26,29)/t13-/m0/s1. The highest BCUT2D eigenvalue weighted by Crippen LogP contribution is 2.24. The molecular formula is C21H17F3N4O2. The Balaban J connectivity index is 1.40. The number of carbonyl (C=O) groups is 2. The van der Waals surface area contributed by atoms with Gasteiger partial charge >= 0.3 is 0 Å². The summed E-state index contributed by atoms with van der Waals surface area (Å²) >= 11 is 0. The third-order valence-electron chi connectivity index (χ3n) is 4.99. The molecule has 0 aliphatic carbocycles. The van der Waals surface area contributed by atoms with Crippen LogP contribution in [0.1, 0.15) is 16.9 Å². The Morgan fingerprint density at radius 2 is 1.90 bits per heavy atom. The van der Waals surface area contributed by atoms with Gasteiger partial charge in [0.05, 0.1) is 5.92 Å². The van der Waals surface area contributed by atoms with Crippen molar-refractivity contribution in [3.05, 3.63) is 71.9 Å². The number of benzene rings is 1. The summed E-state index contributed by atoms with van der Waals surface area (Å²) in [5.74, 6) is -5.65. The molecule has 9 heteroatoms. The average Bonchev–Trinajstić information content (AvgIpc) is 3.42. The van der Waals surface area contributed by atoms with Crippen LogP contribution in [0.2, 0.25) is 0 Å². The van der Waals surface area contributed by atoms with E-state index in [0.717, 1.165) is 11.3 Å². The number of carbonyl (C=O) groups excluding carboxylic acids is 2. The van der Waals surface area contributed by atoms with Crippen molar-refractivity contribution in [1.82, 2.24) is 14.9 Å². The lowest BCUT2D eigenvalue weighted by atomic mass is 10.1. The number of likely N-dealkylation sites (tertiary alicyclic amines) is 1. The number of anilines is 1. The van der Waals surface area contributed by atoms with Gasteiger partial charge in [0.15, 0.2) is 17.5 Å². The number of rotatable bonds is 4. The van der Waals surface area contributed by atoms with E-state index < -0.39 is 29.3 Å². The molecule has 1 aliphatic heterocycles. The van der Waals surface area contributed by atoms with Crippen LogP contribution in [0.4, 0.5) is 18.9 Å². The minimum Gasteiger partial charge on any atom is -0.350 e. The third-order valence-corrected chi connectivity index (χ3v) is 4.99. The summed E-state index contributed by atoms with van der Waals surface area (Å²) in [5.41, 5.74) is 1.80. The molecule has 0 bridgehead atoms. The van der Waals surface area contributed by atoms with Crippen LogP contribution in [-0.2, 0) is 4.79 Å². The molecule has 3 aromatic rings. The van der Waals surface area contributed by atoms with Crippen molar-refractivity contribution in [2.75, 3.05) is 18.4 Å². The second kappa shape index (κ2) is 8.02. The number of amides is 2. The van der Waals surface area contributed by atoms with Crippen molar-refractivity contribution in [2.24, 2.45) is 5.92 Å². The number of hydrogen-bond acceptors (Lipinski definition) is 3. The fraction of sp³-hybridized carbons (Fsp3) is 0.190. The fourth-order valence-electron chi connectivity index (χ4n) is 3.41. The van der Waals surface area contributed by atoms with Gasteiger partial charge in [-0.2, -0.15) is 0 Å². The lowest BCUT2D eigenvalue weighted by Gasteiger charge is -2.16. The topological polar surface area (TPSA) is 78.1 Å². The Morgan fingerprint density at radius 3 is 2.60 bits per heavy atom. The van der Waals surface area contributed by atoms with E-state index >= 15 is 0 Å². The lowest BCUT2D eigenvalue weighted by molar-refractivity contribution is -0.119. The molecule has 0 radical (unpaired) electrons. The molecule has 1 aliphatic rings. The van der Waals surface area contributed by atoms with Gasteiger partial charge in [-0.05, 0) is 30.7 Å². The predicted octanol–water partition coefficient (Wildman–Crippen LogP) is 3.59. The van der Waals surface area contributed by atoms with E-state index in [1.807, 2.05) is 6.07 Å². The van der Waals surface area contributed by atoms with E-state index in [0.29, 0.717) is 30.8 Å². The number of nitrogens with one attached hydrogen (secondary N) is 2. The van der Waals surface area contributed by atoms with Crippen molar-refractivity contribution >= 4 is 17.5 Å². The molecule has 0 unspecified atom stereocenters. The SMILES string of the molecule is O=C(Nc1cc(F)c(F)c(F)c1)[C@H]1CCN(C(=O)c2ccc(-c3cccnc3)[nH]2)C1. The van der Waals surface area contributed by atoms with Crippen LogP contribution in [0.5, 0.6) is 0 Å². The summed E-state index contributed by atoms with van der Waals surface area (Å²) in [6.07, 6.45) is 3.74. The van der Waals surface area contributed by atoms with Crippen molar-refractivity contribution in [1.29, 1.82) is 0 Å². The van der Waals surface area contributed by atoms with E-state index in [2.05, 4.69) is 15.3 Å². The van der Waals surface area contributed by atoms with Gasteiger partial charge in [-0.25, -0.2) is 13.2 Å². The molecule has 4 rings (SSSR count). The van der Waals surface area contributed by atoms with Gasteiger partial charge in [-0.3, -0.25) is 14.6 Å². The third kappa shape index (κ3) is 3.91. The lowest BCUT2D eigenvalue weighted by Crippen LogP contribution is -2.31. The molecule has 0 spiro atoms. The quantitative estimate of drug-likeness (QED) is 0.641. The number of nitrogens with zero attached hydrogens (tertiary/aromatic N) is 2. The van der Waals surface area contributed by atoms with Crippen LogP contribution in [0.3, 0.4) is 0 Å². The first kappa shape index (κ1) is 19.7. The maximum atomic E-state index is 13.3. The van der Waals surface area contributed by atoms with Crippen LogP contribution in [-0.4, -0.2) is 39.8 Å². The second-order valence-corrected chi connectivity index (χ2v) is 7.01. The van der Waals surface area contributed by atoms with Crippen LogP contribution < -0.4 is 5.32 Å². The molecule has 0 saturated carbocycles. The van der Waals surface area contributed by atoms with Gasteiger partial charge < -0.3 is 15.2 Å². The van der Waals surface area contributed by atoms with E-state index in [9.17, 15) is 22.8 Å². The van der Waals surface area contributed by atoms with Crippen LogP contribution in [0.25, 0.3) is 11.3 Å². The number of H-pyrrole nitrogens is 1. The normalized spacial score (nSPS) is 16.0. The number of hydrogen-bond donors (Lipinski definition) is 2. The van der Waals surface area contributed by atoms with Gasteiger partial charge in [0, 0.05) is 54.6 Å². The molecule has 3 heterocycles. The van der Waals surface area contributed by atoms with Crippen molar-refractivity contribution in [3.63, 3.8) is 0 Å². The number of pyridine rings is 1. The van der Waals surface area contributed by atoms with Crippen molar-refractivity contribution in [2.45, 2.75) is 6.42 Å². The molecule has 2 amide bonds. The molecule has 154 valence electrons. The first-order valence-electron chi connectivity index (χ1n) is 9.26. The fourth-order valence-corrected chi connectivity index (χ4v) is 3.41. The zero-order chi connectivity index (χ0) is 21.3. The summed E-state index contributed by atoms with van der Waals surface area (Å²) in [6.45, 7) is 0.530. The Hall–Kier alpha value is -3.62. The number of aromatic amines is 1. The molecule has 1 saturated heterocycles. The van der Waals surface area contributed by atoms with Gasteiger partial charge in [-0.1, -0.05) is 0 Å². The summed E-state index contributed by atoms with van der Waals surface area (Å²) in [5, 5.41) is 2.38. The molecule has 30 heavy (non-hydrogen) atoms. The Kier molecular flexibility index (Phi) is 5.26. The summed E-state index contributed by atoms with van der Waals surface area (Å²) in [4.78, 5) is 33.8. The van der Waals surface area contributed by atoms with Crippen LogP contribution in [0, 0.1) is 23.4 Å². The van der Waals surface area contributed by atoms with E-state index in [1.54, 1.807) is 30.6 Å². The molecule has 2 aromatic heterocycles. The Morgan fingerprint density at radius 1 is 1.13 bits per heavy atom. The average molecular weight is 414 g/mol. The first-order chi connectivity index (χ1) is 14.4. The highest BCUT2D eigenvalue weighted by atomic mass is 19.2. The minimum absolute atomic E-state index is 0.165. The monoisotopic (exact) mass is 414 g/mol. The maximum Gasteiger partial charge on any atom is 0.270 e. The maximum absolute atomic E-state index is 13.3. The molecule has 6 nitrogen and oxygen atoms in total. The summed E-state index contributed by atoms with van der Waals surface area (Å²) in [7, 11) is 0. The van der Waals surface area contributed by atoms with Crippen LogP contribution in [0.15, 0.2) is 48.8 Å². The van der Waals surface area contributed by atoms with Gasteiger partial charge in [0.1, 0.15) is 5.69 Å². The smallest absolute Gasteiger partial charge is 0.270 e. The Labute approximate surface area is 169 Å². The first-order valence-corrected chi connectivity index (χ1v) is 9.26. The van der Waals surface area contributed by atoms with Crippen molar-refractivity contribution in [3.8, 4) is 11.3 Å². The van der Waals surface area contributed by atoms with E-state index in [-0.39, 0.29) is 18.1 Å². The highest BCUT2D eigenvalue weighted by molar-refractivity contribution is 5.96. The zero-order valence-corrected chi connectivity index (χ0v) is 15.7. The molecule has 1 atom stereocenters. The number of halogens is 3. The highest BCUT2D eigenvalue weighted by Gasteiger charge is 2.32. The van der Waals surface area contributed by atoms with Crippen LogP contribution >= 0.6 is 0 Å². The minimum atomic E-state index is -1.60. The summed E-state index contributed by atoms with van der Waals surface area (Å²) < 4.78 is 39.7. The Bertz CT molecular complexity index is 1080. The zero-order valence-electron chi connectivity index (χ0n) is 15.7. The predicted molar refractivity (Wildman–Crippen MR) is 103 cm³/mol. The molecular weight excluding hydrogens is 397 g/mol.